The topological polar surface area (TPSA) is 42.0 Å². The number of nitrogens with zero attached hydrogens (tertiary/aromatic N) is 1. The van der Waals surface area contributed by atoms with Crippen LogP contribution in [0.4, 0.5) is 5.69 Å². The van der Waals surface area contributed by atoms with Crippen LogP contribution in [-0.4, -0.2) is 10.9 Å². The maximum absolute atomic E-state index is 12.3. The van der Waals surface area contributed by atoms with Gasteiger partial charge in [-0.25, -0.2) is 0 Å². The minimum Gasteiger partial charge on any atom is -0.321 e. The molecule has 0 aliphatic carbocycles. The predicted molar refractivity (Wildman–Crippen MR) is 88.6 cm³/mol. The van der Waals surface area contributed by atoms with E-state index >= 15 is 0 Å². The zero-order valence-electron chi connectivity index (χ0n) is 11.4. The molecular weight excluding hydrogens is 328 g/mol. The Bertz CT molecular complexity index is 830. The van der Waals surface area contributed by atoms with Gasteiger partial charge in [0.25, 0.3) is 5.91 Å². The van der Waals surface area contributed by atoms with Crippen molar-refractivity contribution in [3.8, 4) is 0 Å². The van der Waals surface area contributed by atoms with E-state index in [9.17, 15) is 4.79 Å². The highest BCUT2D eigenvalue weighted by Gasteiger charge is 2.10. The second-order valence-corrected chi connectivity index (χ2v) is 5.71. The molecule has 21 heavy (non-hydrogen) atoms. The molecule has 1 aromatic heterocycles. The number of fused-ring (bicyclic) bond motifs is 1. The van der Waals surface area contributed by atoms with Gasteiger partial charge in [0.15, 0.2) is 0 Å². The van der Waals surface area contributed by atoms with Crippen LogP contribution in [0.15, 0.2) is 59.2 Å². The van der Waals surface area contributed by atoms with Crippen LogP contribution in [0.1, 0.15) is 15.9 Å². The van der Waals surface area contributed by atoms with E-state index in [1.807, 2.05) is 43.3 Å². The van der Waals surface area contributed by atoms with Crippen molar-refractivity contribution in [3.63, 3.8) is 0 Å². The Labute approximate surface area is 131 Å². The van der Waals surface area contributed by atoms with Crippen LogP contribution in [0.2, 0.25) is 0 Å². The number of rotatable bonds is 2. The number of aromatic nitrogens is 1. The minimum atomic E-state index is -0.134. The lowest BCUT2D eigenvalue weighted by atomic mass is 10.1. The molecule has 0 spiro atoms. The molecule has 0 unspecified atom stereocenters. The highest BCUT2D eigenvalue weighted by molar-refractivity contribution is 9.10. The molecule has 0 atom stereocenters. The summed E-state index contributed by atoms with van der Waals surface area (Å²) in [6.07, 6.45) is 1.76. The Kier molecular flexibility index (Phi) is 3.71. The normalized spacial score (nSPS) is 10.6. The van der Waals surface area contributed by atoms with Gasteiger partial charge >= 0.3 is 0 Å². The summed E-state index contributed by atoms with van der Waals surface area (Å²) in [5.74, 6) is -0.134. The number of nitrogens with one attached hydrogen (secondary N) is 1. The Balaban J connectivity index is 1.99. The first-order valence-corrected chi connectivity index (χ1v) is 7.36. The van der Waals surface area contributed by atoms with E-state index in [-0.39, 0.29) is 5.91 Å². The molecule has 3 rings (SSSR count). The maximum atomic E-state index is 12.3. The predicted octanol–water partition coefficient (Wildman–Crippen LogP) is 4.56. The average Bonchev–Trinajstić information content (AvgIpc) is 2.50. The van der Waals surface area contributed by atoms with Crippen LogP contribution in [0.3, 0.4) is 0 Å². The van der Waals surface area contributed by atoms with Crippen LogP contribution in [0.5, 0.6) is 0 Å². The molecule has 0 fully saturated rings. The van der Waals surface area contributed by atoms with Gasteiger partial charge in [0.1, 0.15) is 0 Å². The van der Waals surface area contributed by atoms with Gasteiger partial charge in [0.2, 0.25) is 0 Å². The zero-order chi connectivity index (χ0) is 14.8. The maximum Gasteiger partial charge on any atom is 0.255 e. The van der Waals surface area contributed by atoms with Crippen molar-refractivity contribution in [1.29, 1.82) is 0 Å². The first-order chi connectivity index (χ1) is 10.1. The smallest absolute Gasteiger partial charge is 0.255 e. The Hall–Kier alpha value is -2.20. The zero-order valence-corrected chi connectivity index (χ0v) is 13.0. The van der Waals surface area contributed by atoms with Crippen molar-refractivity contribution in [2.24, 2.45) is 0 Å². The molecule has 2 aromatic carbocycles. The van der Waals surface area contributed by atoms with Crippen molar-refractivity contribution < 1.29 is 4.79 Å². The fourth-order valence-corrected chi connectivity index (χ4v) is 2.65. The highest BCUT2D eigenvalue weighted by atomic mass is 79.9. The molecule has 0 aliphatic rings. The van der Waals surface area contributed by atoms with Crippen LogP contribution >= 0.6 is 15.9 Å². The molecule has 1 heterocycles. The largest absolute Gasteiger partial charge is 0.321 e. The number of anilines is 1. The summed E-state index contributed by atoms with van der Waals surface area (Å²) in [4.78, 5) is 16.7. The van der Waals surface area contributed by atoms with E-state index in [1.165, 1.54) is 0 Å². The van der Waals surface area contributed by atoms with Crippen LogP contribution < -0.4 is 5.32 Å². The number of amides is 1. The molecule has 3 aromatic rings. The summed E-state index contributed by atoms with van der Waals surface area (Å²) in [6, 6.07) is 15.0. The van der Waals surface area contributed by atoms with Gasteiger partial charge in [-0.3, -0.25) is 9.78 Å². The second kappa shape index (κ2) is 5.66. The number of carbonyl (C=O) groups excluding carboxylic acids is 1. The molecule has 0 aliphatic heterocycles. The molecule has 3 nitrogen and oxygen atoms in total. The number of hydrogen-bond donors (Lipinski definition) is 1. The van der Waals surface area contributed by atoms with Gasteiger partial charge < -0.3 is 5.32 Å². The number of hydrogen-bond acceptors (Lipinski definition) is 2. The van der Waals surface area contributed by atoms with E-state index < -0.39 is 0 Å². The third-order valence-electron chi connectivity index (χ3n) is 3.31. The quantitative estimate of drug-likeness (QED) is 0.743. The molecule has 0 bridgehead atoms. The molecule has 0 saturated carbocycles. The van der Waals surface area contributed by atoms with Crippen molar-refractivity contribution in [3.05, 3.63) is 70.3 Å². The number of halogens is 1. The summed E-state index contributed by atoms with van der Waals surface area (Å²) < 4.78 is 0.880. The van der Waals surface area contributed by atoms with Gasteiger partial charge in [-0.2, -0.15) is 0 Å². The number of carbonyl (C=O) groups is 1. The van der Waals surface area contributed by atoms with Crippen LogP contribution in [-0.2, 0) is 0 Å². The number of aryl methyl sites for hydroxylation is 1. The Morgan fingerprint density at radius 1 is 1.14 bits per heavy atom. The van der Waals surface area contributed by atoms with Gasteiger partial charge in [-0.1, -0.05) is 28.1 Å². The Morgan fingerprint density at radius 2 is 2.00 bits per heavy atom. The number of benzene rings is 2. The molecule has 0 radical (unpaired) electrons. The third-order valence-corrected chi connectivity index (χ3v) is 3.80. The van der Waals surface area contributed by atoms with Crippen molar-refractivity contribution in [2.75, 3.05) is 5.32 Å². The van der Waals surface area contributed by atoms with E-state index in [0.717, 1.165) is 26.6 Å². The van der Waals surface area contributed by atoms with Crippen LogP contribution in [0.25, 0.3) is 10.9 Å². The summed E-state index contributed by atoms with van der Waals surface area (Å²) in [6.45, 7) is 2.01. The average molecular weight is 341 g/mol. The second-order valence-electron chi connectivity index (χ2n) is 4.79. The summed E-state index contributed by atoms with van der Waals surface area (Å²) in [5, 5.41) is 3.90. The lowest BCUT2D eigenvalue weighted by Gasteiger charge is -2.10. The first-order valence-electron chi connectivity index (χ1n) is 6.56. The lowest BCUT2D eigenvalue weighted by Crippen LogP contribution is -2.12. The lowest BCUT2D eigenvalue weighted by molar-refractivity contribution is 0.102. The molecule has 1 N–H and O–H groups in total. The monoisotopic (exact) mass is 340 g/mol. The van der Waals surface area contributed by atoms with Crippen molar-refractivity contribution >= 4 is 38.4 Å². The summed E-state index contributed by atoms with van der Waals surface area (Å²) >= 11 is 3.38. The fraction of sp³-hybridized carbons (Fsp3) is 0.0588. The minimum absolute atomic E-state index is 0.134. The third kappa shape index (κ3) is 2.81. The highest BCUT2D eigenvalue weighted by Crippen LogP contribution is 2.25. The summed E-state index contributed by atoms with van der Waals surface area (Å²) in [7, 11) is 0. The van der Waals surface area contributed by atoms with E-state index in [0.29, 0.717) is 5.56 Å². The molecular formula is C17H13BrN2O. The van der Waals surface area contributed by atoms with E-state index in [4.69, 9.17) is 0 Å². The molecule has 104 valence electrons. The molecule has 1 amide bonds. The summed E-state index contributed by atoms with van der Waals surface area (Å²) in [5.41, 5.74) is 3.38. The van der Waals surface area contributed by atoms with Gasteiger partial charge in [0.05, 0.1) is 11.2 Å². The number of pyridine rings is 1. The molecule has 4 heteroatoms. The first kappa shape index (κ1) is 13.8. The fourth-order valence-electron chi connectivity index (χ4n) is 2.25. The Morgan fingerprint density at radius 3 is 2.81 bits per heavy atom. The van der Waals surface area contributed by atoms with Gasteiger partial charge in [-0.15, -0.1) is 0 Å². The van der Waals surface area contributed by atoms with Gasteiger partial charge in [-0.05, 0) is 48.9 Å². The van der Waals surface area contributed by atoms with Crippen LogP contribution in [0, 0.1) is 6.92 Å². The van der Waals surface area contributed by atoms with Crippen molar-refractivity contribution in [2.45, 2.75) is 6.92 Å². The van der Waals surface area contributed by atoms with Crippen molar-refractivity contribution in [1.82, 2.24) is 4.98 Å². The van der Waals surface area contributed by atoms with Gasteiger partial charge in [0, 0.05) is 21.6 Å². The standard InChI is InChI=1S/C17H13BrN2O/c1-11-7-8-15(14-6-3-9-19-16(11)14)20-17(21)12-4-2-5-13(18)10-12/h2-10H,1H3,(H,20,21). The SMILES string of the molecule is Cc1ccc(NC(=O)c2cccc(Br)c2)c2cccnc12. The van der Waals surface area contributed by atoms with E-state index in [1.54, 1.807) is 18.3 Å². The molecule has 0 saturated heterocycles. The van der Waals surface area contributed by atoms with E-state index in [2.05, 4.69) is 26.2 Å².